The van der Waals surface area contributed by atoms with Gasteiger partial charge in [-0.25, -0.2) is 8.42 Å². The first kappa shape index (κ1) is 17.2. The standard InChI is InChI=1S/C16H15N3O4S/c17-15(20)12-8-13(16(18)21)10-14(9-12)19-24(22,23)7-6-11-4-2-1-3-5-11/h1-10,19H,(H2,17,20)(H2,18,21)/p-1/b7-6+. The van der Waals surface area contributed by atoms with Crippen molar-refractivity contribution in [2.24, 2.45) is 5.73 Å². The Morgan fingerprint density at radius 2 is 1.75 bits per heavy atom. The van der Waals surface area contributed by atoms with Crippen LogP contribution in [0.5, 0.6) is 0 Å². The molecule has 7 nitrogen and oxygen atoms in total. The fourth-order valence-electron chi connectivity index (χ4n) is 1.89. The molecule has 2 aromatic carbocycles. The van der Waals surface area contributed by atoms with Crippen molar-refractivity contribution in [1.82, 2.24) is 0 Å². The summed E-state index contributed by atoms with van der Waals surface area (Å²) >= 11 is 0. The molecule has 0 atom stereocenters. The van der Waals surface area contributed by atoms with E-state index in [0.29, 0.717) is 5.56 Å². The molecular formula is C16H14N3O4S-. The Morgan fingerprint density at radius 1 is 1.12 bits per heavy atom. The molecule has 0 aromatic heterocycles. The number of carbonyl (C=O) groups excluding carboxylic acids is 1. The molecule has 0 bridgehead atoms. The van der Waals surface area contributed by atoms with Crippen LogP contribution in [0.3, 0.4) is 0 Å². The van der Waals surface area contributed by atoms with Crippen molar-refractivity contribution in [1.29, 1.82) is 5.41 Å². The van der Waals surface area contributed by atoms with Gasteiger partial charge in [-0.05, 0) is 41.3 Å². The maximum absolute atomic E-state index is 12.1. The van der Waals surface area contributed by atoms with Crippen molar-refractivity contribution >= 4 is 33.6 Å². The van der Waals surface area contributed by atoms with Gasteiger partial charge >= 0.3 is 0 Å². The number of hydrogen-bond donors (Lipinski definition) is 3. The third-order valence-corrected chi connectivity index (χ3v) is 3.99. The molecule has 0 spiro atoms. The zero-order chi connectivity index (χ0) is 17.7. The van der Waals surface area contributed by atoms with Crippen LogP contribution in [0.4, 0.5) is 5.69 Å². The number of anilines is 1. The molecule has 1 amide bonds. The highest BCUT2D eigenvalue weighted by Gasteiger charge is 2.10. The Kier molecular flexibility index (Phi) is 5.00. The fraction of sp³-hybridized carbons (Fsp3) is 0. The maximum atomic E-state index is 12.1. The Hall–Kier alpha value is -3.13. The summed E-state index contributed by atoms with van der Waals surface area (Å²) in [5.74, 6) is -1.89. The highest BCUT2D eigenvalue weighted by Crippen LogP contribution is 2.17. The molecule has 0 aliphatic rings. The fourth-order valence-corrected chi connectivity index (χ4v) is 2.74. The van der Waals surface area contributed by atoms with Crippen molar-refractivity contribution < 1.29 is 18.3 Å². The monoisotopic (exact) mass is 344 g/mol. The highest BCUT2D eigenvalue weighted by molar-refractivity contribution is 7.95. The lowest BCUT2D eigenvalue weighted by Crippen LogP contribution is -2.20. The summed E-state index contributed by atoms with van der Waals surface area (Å²) in [4.78, 5) is 11.3. The van der Waals surface area contributed by atoms with E-state index in [-0.39, 0.29) is 16.8 Å². The molecule has 0 radical (unpaired) electrons. The smallest absolute Gasteiger partial charge is 0.255 e. The second-order valence-electron chi connectivity index (χ2n) is 4.85. The second kappa shape index (κ2) is 6.97. The average Bonchev–Trinajstić information content (AvgIpc) is 2.53. The van der Waals surface area contributed by atoms with Gasteiger partial charge in [0.15, 0.2) is 0 Å². The van der Waals surface area contributed by atoms with Crippen LogP contribution in [0.15, 0.2) is 53.9 Å². The first-order valence-corrected chi connectivity index (χ1v) is 8.28. The minimum atomic E-state index is -3.87. The molecule has 4 N–H and O–H groups in total. The predicted octanol–water partition coefficient (Wildman–Crippen LogP) is 0.884. The molecule has 8 heteroatoms. The van der Waals surface area contributed by atoms with Gasteiger partial charge < -0.3 is 16.2 Å². The molecule has 2 rings (SSSR count). The van der Waals surface area contributed by atoms with Crippen LogP contribution < -0.4 is 15.6 Å². The highest BCUT2D eigenvalue weighted by atomic mass is 32.2. The summed E-state index contributed by atoms with van der Waals surface area (Å²) in [6.45, 7) is 0. The van der Waals surface area contributed by atoms with E-state index in [0.717, 1.165) is 17.5 Å². The topological polar surface area (TPSA) is 136 Å². The summed E-state index contributed by atoms with van der Waals surface area (Å²) in [5, 5.41) is 19.2. The normalized spacial score (nSPS) is 11.3. The summed E-state index contributed by atoms with van der Waals surface area (Å²) in [7, 11) is -3.87. The second-order valence-corrected chi connectivity index (χ2v) is 6.42. The van der Waals surface area contributed by atoms with Crippen LogP contribution in [0.2, 0.25) is 0 Å². The Morgan fingerprint density at radius 3 is 2.33 bits per heavy atom. The van der Waals surface area contributed by atoms with E-state index < -0.39 is 21.8 Å². The van der Waals surface area contributed by atoms with Gasteiger partial charge in [0, 0.05) is 5.56 Å². The minimum Gasteiger partial charge on any atom is -0.859 e. The third-order valence-electron chi connectivity index (χ3n) is 2.98. The van der Waals surface area contributed by atoms with Crippen molar-refractivity contribution in [2.45, 2.75) is 0 Å². The van der Waals surface area contributed by atoms with Gasteiger partial charge in [-0.1, -0.05) is 30.3 Å². The van der Waals surface area contributed by atoms with Gasteiger partial charge in [-0.2, -0.15) is 0 Å². The van der Waals surface area contributed by atoms with Crippen LogP contribution in [-0.4, -0.2) is 20.2 Å². The van der Waals surface area contributed by atoms with Crippen LogP contribution in [0.1, 0.15) is 21.5 Å². The van der Waals surface area contributed by atoms with Crippen LogP contribution in [0.25, 0.3) is 6.08 Å². The molecule has 0 aliphatic heterocycles. The van der Waals surface area contributed by atoms with Gasteiger partial charge in [0.25, 0.3) is 10.0 Å². The summed E-state index contributed by atoms with van der Waals surface area (Å²) in [6.07, 6.45) is 1.40. The number of hydrogen-bond acceptors (Lipinski definition) is 5. The van der Waals surface area contributed by atoms with Crippen LogP contribution in [-0.2, 0) is 10.0 Å². The molecule has 0 saturated heterocycles. The lowest BCUT2D eigenvalue weighted by atomic mass is 10.1. The zero-order valence-electron chi connectivity index (χ0n) is 12.4. The molecule has 0 heterocycles. The van der Waals surface area contributed by atoms with Gasteiger partial charge in [-0.3, -0.25) is 9.52 Å². The van der Waals surface area contributed by atoms with E-state index in [9.17, 15) is 18.3 Å². The maximum Gasteiger partial charge on any atom is 0.255 e. The quantitative estimate of drug-likeness (QED) is 0.529. The van der Waals surface area contributed by atoms with Gasteiger partial charge in [0.1, 0.15) is 0 Å². The van der Waals surface area contributed by atoms with E-state index in [1.54, 1.807) is 30.3 Å². The SMILES string of the molecule is N=C([O-])c1cc(NS(=O)(=O)/C=C/c2ccccc2)cc(C(N)=O)c1. The van der Waals surface area contributed by atoms with E-state index in [1.807, 2.05) is 0 Å². The van der Waals surface area contributed by atoms with Crippen molar-refractivity contribution in [3.63, 3.8) is 0 Å². The van der Waals surface area contributed by atoms with E-state index in [2.05, 4.69) is 4.72 Å². The number of nitrogens with two attached hydrogens (primary N) is 1. The van der Waals surface area contributed by atoms with E-state index >= 15 is 0 Å². The Balaban J connectivity index is 2.30. The van der Waals surface area contributed by atoms with E-state index in [1.165, 1.54) is 12.1 Å². The van der Waals surface area contributed by atoms with Gasteiger partial charge in [0.2, 0.25) is 5.91 Å². The molecule has 0 fully saturated rings. The number of nitrogens with one attached hydrogen (secondary N) is 2. The van der Waals surface area contributed by atoms with Crippen molar-refractivity contribution in [3.05, 3.63) is 70.6 Å². The number of sulfonamides is 1. The van der Waals surface area contributed by atoms with Crippen molar-refractivity contribution in [2.75, 3.05) is 4.72 Å². The summed E-state index contributed by atoms with van der Waals surface area (Å²) < 4.78 is 26.4. The van der Waals surface area contributed by atoms with Crippen LogP contribution in [0, 0.1) is 5.41 Å². The molecule has 2 aromatic rings. The number of primary amides is 1. The van der Waals surface area contributed by atoms with Crippen molar-refractivity contribution in [3.8, 4) is 0 Å². The molecule has 124 valence electrons. The van der Waals surface area contributed by atoms with E-state index in [4.69, 9.17) is 11.1 Å². The largest absolute Gasteiger partial charge is 0.859 e. The van der Waals surface area contributed by atoms with Gasteiger partial charge in [-0.15, -0.1) is 0 Å². The van der Waals surface area contributed by atoms with Crippen LogP contribution >= 0.6 is 0 Å². The number of benzene rings is 2. The molecule has 0 aliphatic carbocycles. The molecular weight excluding hydrogens is 330 g/mol. The Bertz CT molecular complexity index is 874. The zero-order valence-corrected chi connectivity index (χ0v) is 13.2. The first-order valence-electron chi connectivity index (χ1n) is 6.73. The lowest BCUT2D eigenvalue weighted by molar-refractivity contribution is -0.214. The number of amides is 1. The first-order chi connectivity index (χ1) is 11.3. The minimum absolute atomic E-state index is 0.0281. The molecule has 24 heavy (non-hydrogen) atoms. The molecule has 0 unspecified atom stereocenters. The average molecular weight is 344 g/mol. The molecule has 0 saturated carbocycles. The summed E-state index contributed by atoms with van der Waals surface area (Å²) in [5.41, 5.74) is 5.60. The summed E-state index contributed by atoms with van der Waals surface area (Å²) in [6, 6.07) is 12.3. The third kappa shape index (κ3) is 4.68. The number of carbonyl (C=O) groups is 1. The van der Waals surface area contributed by atoms with Gasteiger partial charge in [0.05, 0.1) is 11.1 Å². The predicted molar refractivity (Wildman–Crippen MR) is 89.8 cm³/mol. The Labute approximate surface area is 139 Å². The number of rotatable bonds is 6. The lowest BCUT2D eigenvalue weighted by Gasteiger charge is -2.12.